The SMILES string of the molecule is CN(c1ccccc1)c1[nH]c(=O)nc(SCc2nn[nH]n2)c1C#N. The molecule has 0 fully saturated rings. The van der Waals surface area contributed by atoms with Crippen molar-refractivity contribution in [1.82, 2.24) is 30.6 Å². The minimum absolute atomic E-state index is 0.287. The van der Waals surface area contributed by atoms with Crippen molar-refractivity contribution in [3.8, 4) is 6.07 Å². The van der Waals surface area contributed by atoms with Crippen LogP contribution in [0.2, 0.25) is 0 Å². The van der Waals surface area contributed by atoms with E-state index in [4.69, 9.17) is 0 Å². The number of nitriles is 1. The average molecular weight is 340 g/mol. The summed E-state index contributed by atoms with van der Waals surface area (Å²) in [6, 6.07) is 11.5. The maximum atomic E-state index is 11.9. The number of thioether (sulfide) groups is 1. The normalized spacial score (nSPS) is 10.3. The third kappa shape index (κ3) is 3.26. The van der Waals surface area contributed by atoms with E-state index in [0.717, 1.165) is 5.69 Å². The Morgan fingerprint density at radius 1 is 1.33 bits per heavy atom. The first-order valence-corrected chi connectivity index (χ1v) is 7.86. The van der Waals surface area contributed by atoms with Gasteiger partial charge in [0.2, 0.25) is 0 Å². The van der Waals surface area contributed by atoms with Gasteiger partial charge in [0.15, 0.2) is 5.82 Å². The summed E-state index contributed by atoms with van der Waals surface area (Å²) >= 11 is 1.21. The van der Waals surface area contributed by atoms with Crippen LogP contribution in [0.25, 0.3) is 0 Å². The third-order valence-electron chi connectivity index (χ3n) is 3.20. The zero-order valence-electron chi connectivity index (χ0n) is 12.6. The van der Waals surface area contributed by atoms with Gasteiger partial charge in [0, 0.05) is 12.7 Å². The molecular formula is C14H12N8OS. The predicted molar refractivity (Wildman–Crippen MR) is 87.8 cm³/mol. The molecule has 2 aromatic heterocycles. The molecule has 3 aromatic rings. The van der Waals surface area contributed by atoms with E-state index in [1.165, 1.54) is 11.8 Å². The van der Waals surface area contributed by atoms with E-state index >= 15 is 0 Å². The van der Waals surface area contributed by atoms with Crippen LogP contribution < -0.4 is 10.6 Å². The monoisotopic (exact) mass is 340 g/mol. The van der Waals surface area contributed by atoms with Crippen LogP contribution in [0.4, 0.5) is 11.5 Å². The molecule has 9 nitrogen and oxygen atoms in total. The van der Waals surface area contributed by atoms with Crippen molar-refractivity contribution in [1.29, 1.82) is 5.26 Å². The molecule has 2 heterocycles. The number of H-pyrrole nitrogens is 2. The number of hydrogen-bond acceptors (Lipinski definition) is 8. The Morgan fingerprint density at radius 3 is 2.79 bits per heavy atom. The molecule has 0 bridgehead atoms. The molecule has 3 rings (SSSR count). The molecule has 0 aliphatic carbocycles. The highest BCUT2D eigenvalue weighted by Crippen LogP contribution is 2.29. The molecule has 0 amide bonds. The molecule has 0 saturated heterocycles. The molecule has 0 atom stereocenters. The third-order valence-corrected chi connectivity index (χ3v) is 4.17. The highest BCUT2D eigenvalue weighted by atomic mass is 32.2. The number of hydrogen-bond donors (Lipinski definition) is 2. The van der Waals surface area contributed by atoms with Crippen LogP contribution in [0.3, 0.4) is 0 Å². The molecule has 0 spiro atoms. The molecule has 0 saturated carbocycles. The van der Waals surface area contributed by atoms with Crippen molar-refractivity contribution in [3.05, 3.63) is 52.2 Å². The summed E-state index contributed by atoms with van der Waals surface area (Å²) < 4.78 is 0. The van der Waals surface area contributed by atoms with Crippen molar-refractivity contribution >= 4 is 23.3 Å². The molecule has 2 N–H and O–H groups in total. The zero-order valence-corrected chi connectivity index (χ0v) is 13.4. The highest BCUT2D eigenvalue weighted by molar-refractivity contribution is 7.98. The Hall–Kier alpha value is -3.19. The molecular weight excluding hydrogens is 328 g/mol. The van der Waals surface area contributed by atoms with Crippen molar-refractivity contribution < 1.29 is 0 Å². The van der Waals surface area contributed by atoms with Gasteiger partial charge in [-0.3, -0.25) is 4.98 Å². The van der Waals surface area contributed by atoms with Crippen LogP contribution in [0, 0.1) is 11.3 Å². The molecule has 0 radical (unpaired) electrons. The fraction of sp³-hybridized carbons (Fsp3) is 0.143. The first-order valence-electron chi connectivity index (χ1n) is 6.87. The second-order valence-electron chi connectivity index (χ2n) is 4.69. The van der Waals surface area contributed by atoms with Crippen molar-refractivity contribution in [2.45, 2.75) is 10.8 Å². The van der Waals surface area contributed by atoms with E-state index in [0.29, 0.717) is 22.4 Å². The van der Waals surface area contributed by atoms with Crippen LogP contribution in [0.1, 0.15) is 11.4 Å². The molecule has 0 aliphatic heterocycles. The quantitative estimate of drug-likeness (QED) is 0.524. The number of nitrogens with one attached hydrogen (secondary N) is 2. The van der Waals surface area contributed by atoms with Crippen LogP contribution in [-0.4, -0.2) is 37.6 Å². The maximum Gasteiger partial charge on any atom is 0.347 e. The molecule has 24 heavy (non-hydrogen) atoms. The van der Waals surface area contributed by atoms with Gasteiger partial charge >= 0.3 is 5.69 Å². The fourth-order valence-corrected chi connectivity index (χ4v) is 2.88. The fourth-order valence-electron chi connectivity index (χ4n) is 2.06. The summed E-state index contributed by atoms with van der Waals surface area (Å²) in [5.41, 5.74) is 0.599. The van der Waals surface area contributed by atoms with Crippen LogP contribution in [-0.2, 0) is 5.75 Å². The van der Waals surface area contributed by atoms with E-state index < -0.39 is 5.69 Å². The summed E-state index contributed by atoms with van der Waals surface area (Å²) in [4.78, 5) is 20.2. The van der Waals surface area contributed by atoms with Crippen molar-refractivity contribution in [2.24, 2.45) is 0 Å². The lowest BCUT2D eigenvalue weighted by atomic mass is 10.2. The van der Waals surface area contributed by atoms with Gasteiger partial charge in [0.25, 0.3) is 0 Å². The summed E-state index contributed by atoms with van der Waals surface area (Å²) in [7, 11) is 1.77. The highest BCUT2D eigenvalue weighted by Gasteiger charge is 2.17. The average Bonchev–Trinajstić information content (AvgIpc) is 3.13. The first kappa shape index (κ1) is 15.7. The van der Waals surface area contributed by atoms with Gasteiger partial charge in [-0.1, -0.05) is 35.2 Å². The Balaban J connectivity index is 1.97. The number of para-hydroxylation sites is 1. The lowest BCUT2D eigenvalue weighted by Gasteiger charge is -2.20. The lowest BCUT2D eigenvalue weighted by molar-refractivity contribution is 0.881. The minimum atomic E-state index is -0.526. The Labute approximate surface area is 140 Å². The topological polar surface area (TPSA) is 127 Å². The summed E-state index contributed by atoms with van der Waals surface area (Å²) in [5.74, 6) is 1.19. The van der Waals surface area contributed by atoms with E-state index in [1.807, 2.05) is 30.3 Å². The van der Waals surface area contributed by atoms with Gasteiger partial charge in [-0.25, -0.2) is 4.79 Å². The minimum Gasteiger partial charge on any atom is -0.330 e. The van der Waals surface area contributed by atoms with E-state index in [2.05, 4.69) is 36.7 Å². The van der Waals surface area contributed by atoms with Gasteiger partial charge in [0.1, 0.15) is 22.5 Å². The van der Waals surface area contributed by atoms with Gasteiger partial charge in [0.05, 0.1) is 5.75 Å². The van der Waals surface area contributed by atoms with E-state index in [9.17, 15) is 10.1 Å². The number of aromatic nitrogens is 6. The molecule has 120 valence electrons. The summed E-state index contributed by atoms with van der Waals surface area (Å²) in [5, 5.41) is 23.4. The summed E-state index contributed by atoms with van der Waals surface area (Å²) in [6.45, 7) is 0. The first-order chi connectivity index (χ1) is 11.7. The van der Waals surface area contributed by atoms with Crippen LogP contribution >= 0.6 is 11.8 Å². The standard InChI is InChI=1S/C14H12N8OS/c1-22(9-5-3-2-4-6-9)12-10(7-15)13(17-14(23)16-12)24-8-11-18-20-21-19-11/h2-6H,8H2,1H3,(H,16,17,23)(H,18,19,20,21). The van der Waals surface area contributed by atoms with Gasteiger partial charge in [-0.15, -0.1) is 10.2 Å². The smallest absolute Gasteiger partial charge is 0.330 e. The number of aromatic amines is 2. The number of nitrogens with zero attached hydrogens (tertiary/aromatic N) is 6. The van der Waals surface area contributed by atoms with E-state index in [-0.39, 0.29) is 5.56 Å². The maximum absolute atomic E-state index is 11.9. The molecule has 10 heteroatoms. The second kappa shape index (κ2) is 6.93. The van der Waals surface area contributed by atoms with Crippen LogP contribution in [0.5, 0.6) is 0 Å². The molecule has 0 unspecified atom stereocenters. The number of anilines is 2. The largest absolute Gasteiger partial charge is 0.347 e. The summed E-state index contributed by atoms with van der Waals surface area (Å²) in [6.07, 6.45) is 0. The Morgan fingerprint density at radius 2 is 2.12 bits per heavy atom. The molecule has 1 aromatic carbocycles. The number of rotatable bonds is 5. The number of benzene rings is 1. The lowest BCUT2D eigenvalue weighted by Crippen LogP contribution is -2.21. The van der Waals surface area contributed by atoms with E-state index in [1.54, 1.807) is 11.9 Å². The van der Waals surface area contributed by atoms with Gasteiger partial charge < -0.3 is 4.90 Å². The predicted octanol–water partition coefficient (Wildman–Crippen LogP) is 1.21. The van der Waals surface area contributed by atoms with Crippen molar-refractivity contribution in [3.63, 3.8) is 0 Å². The Kier molecular flexibility index (Phi) is 4.53. The van der Waals surface area contributed by atoms with Crippen LogP contribution in [0.15, 0.2) is 40.2 Å². The molecule has 0 aliphatic rings. The van der Waals surface area contributed by atoms with Gasteiger partial charge in [-0.2, -0.15) is 15.5 Å². The zero-order chi connectivity index (χ0) is 16.9. The van der Waals surface area contributed by atoms with Crippen molar-refractivity contribution in [2.75, 3.05) is 11.9 Å². The number of tetrazole rings is 1. The second-order valence-corrected chi connectivity index (χ2v) is 5.66. The van der Waals surface area contributed by atoms with Gasteiger partial charge in [-0.05, 0) is 12.1 Å². The Bertz CT molecular complexity index is 916.